The molecule has 1 aromatic carbocycles. The van der Waals surface area contributed by atoms with Crippen LogP contribution in [-0.4, -0.2) is 23.9 Å². The third kappa shape index (κ3) is 3.38. The van der Waals surface area contributed by atoms with E-state index in [2.05, 4.69) is 26.1 Å². The van der Waals surface area contributed by atoms with Crippen molar-refractivity contribution >= 4 is 15.9 Å². The monoisotopic (exact) mass is 311 g/mol. The first-order valence-corrected chi connectivity index (χ1v) is 6.30. The van der Waals surface area contributed by atoms with Gasteiger partial charge in [-0.2, -0.15) is 4.98 Å². The maximum atomic E-state index is 5.82. The van der Waals surface area contributed by atoms with Gasteiger partial charge in [-0.15, -0.1) is 0 Å². The summed E-state index contributed by atoms with van der Waals surface area (Å²) in [6.45, 7) is 0.371. The van der Waals surface area contributed by atoms with Crippen LogP contribution in [0.4, 0.5) is 0 Å². The molecule has 0 saturated heterocycles. The normalized spacial score (nSPS) is 12.6. The summed E-state index contributed by atoms with van der Waals surface area (Å²) in [4.78, 5) is 4.26. The zero-order valence-corrected chi connectivity index (χ0v) is 11.6. The molecule has 0 fully saturated rings. The van der Waals surface area contributed by atoms with Gasteiger partial charge in [0.1, 0.15) is 0 Å². The molecule has 1 unspecified atom stereocenters. The number of nitrogens with two attached hydrogens (primary N) is 1. The molecule has 2 rings (SSSR count). The van der Waals surface area contributed by atoms with Gasteiger partial charge in [0.25, 0.3) is 0 Å². The fourth-order valence-electron chi connectivity index (χ4n) is 1.57. The van der Waals surface area contributed by atoms with Gasteiger partial charge in [-0.3, -0.25) is 0 Å². The van der Waals surface area contributed by atoms with Gasteiger partial charge in [0.05, 0.1) is 19.1 Å². The fraction of sp³-hybridized carbons (Fsp3) is 0.333. The summed E-state index contributed by atoms with van der Waals surface area (Å²) in [7, 11) is 1.59. The number of hydrogen-bond acceptors (Lipinski definition) is 5. The molecule has 2 aromatic rings. The molecule has 0 radical (unpaired) electrons. The van der Waals surface area contributed by atoms with E-state index in [1.165, 1.54) is 0 Å². The summed E-state index contributed by atoms with van der Waals surface area (Å²) in [6.07, 6.45) is 0.589. The predicted molar refractivity (Wildman–Crippen MR) is 70.1 cm³/mol. The molecule has 96 valence electrons. The smallest absolute Gasteiger partial charge is 0.231 e. The van der Waals surface area contributed by atoms with E-state index in [9.17, 15) is 0 Å². The van der Waals surface area contributed by atoms with Crippen molar-refractivity contribution in [2.45, 2.75) is 12.5 Å². The number of ether oxygens (including phenoxy) is 1. The Balaban J connectivity index is 2.06. The van der Waals surface area contributed by atoms with Crippen LogP contribution in [0, 0.1) is 0 Å². The van der Waals surface area contributed by atoms with Gasteiger partial charge in [-0.05, 0) is 17.7 Å². The Morgan fingerprint density at radius 2 is 2.33 bits per heavy atom. The third-order valence-electron chi connectivity index (χ3n) is 2.41. The van der Waals surface area contributed by atoms with Crippen molar-refractivity contribution in [3.05, 3.63) is 46.0 Å². The van der Waals surface area contributed by atoms with Crippen LogP contribution in [-0.2, 0) is 11.2 Å². The van der Waals surface area contributed by atoms with Gasteiger partial charge in [0, 0.05) is 11.6 Å². The summed E-state index contributed by atoms with van der Waals surface area (Å²) in [5.74, 6) is 1.02. The molecule has 1 heterocycles. The number of methoxy groups -OCH3 is 1. The number of nitrogens with zero attached hydrogens (tertiary/aromatic N) is 2. The van der Waals surface area contributed by atoms with Crippen LogP contribution in [0.25, 0.3) is 0 Å². The van der Waals surface area contributed by atoms with Gasteiger partial charge in [-0.1, -0.05) is 33.2 Å². The molecule has 0 aliphatic carbocycles. The summed E-state index contributed by atoms with van der Waals surface area (Å²) in [5.41, 5.74) is 6.92. The first-order valence-electron chi connectivity index (χ1n) is 5.50. The lowest BCUT2D eigenvalue weighted by atomic mass is 10.1. The zero-order chi connectivity index (χ0) is 13.0. The van der Waals surface area contributed by atoms with Crippen LogP contribution in [0.5, 0.6) is 0 Å². The topological polar surface area (TPSA) is 74.2 Å². The highest BCUT2D eigenvalue weighted by molar-refractivity contribution is 9.10. The van der Waals surface area contributed by atoms with Crippen LogP contribution in [0.1, 0.15) is 23.3 Å². The van der Waals surface area contributed by atoms with E-state index in [1.807, 2.05) is 24.3 Å². The quantitative estimate of drug-likeness (QED) is 0.915. The molecule has 0 bridgehead atoms. The van der Waals surface area contributed by atoms with Crippen LogP contribution >= 0.6 is 15.9 Å². The Bertz CT molecular complexity index is 516. The lowest BCUT2D eigenvalue weighted by Crippen LogP contribution is -2.17. The molecular weight excluding hydrogens is 298 g/mol. The van der Waals surface area contributed by atoms with E-state index in [4.69, 9.17) is 15.0 Å². The lowest BCUT2D eigenvalue weighted by Gasteiger charge is -2.03. The van der Waals surface area contributed by atoms with E-state index >= 15 is 0 Å². The molecule has 1 atom stereocenters. The molecule has 0 spiro atoms. The Kier molecular flexibility index (Phi) is 4.46. The van der Waals surface area contributed by atoms with E-state index in [0.717, 1.165) is 10.0 Å². The summed E-state index contributed by atoms with van der Waals surface area (Å²) in [5, 5.41) is 3.85. The number of rotatable bonds is 5. The highest BCUT2D eigenvalue weighted by Gasteiger charge is 2.14. The first-order chi connectivity index (χ1) is 8.69. The van der Waals surface area contributed by atoms with Gasteiger partial charge < -0.3 is 15.0 Å². The number of hydrogen-bond donors (Lipinski definition) is 1. The maximum Gasteiger partial charge on any atom is 0.231 e. The van der Waals surface area contributed by atoms with Gasteiger partial charge >= 0.3 is 0 Å². The molecular formula is C12H14BrN3O2. The van der Waals surface area contributed by atoms with Crippen LogP contribution in [0.2, 0.25) is 0 Å². The zero-order valence-electron chi connectivity index (χ0n) is 9.97. The van der Waals surface area contributed by atoms with Gasteiger partial charge in [0.15, 0.2) is 5.82 Å². The van der Waals surface area contributed by atoms with Crippen molar-refractivity contribution in [1.29, 1.82) is 0 Å². The first kappa shape index (κ1) is 13.2. The largest absolute Gasteiger partial charge is 0.383 e. The van der Waals surface area contributed by atoms with E-state index in [-0.39, 0.29) is 6.04 Å². The van der Waals surface area contributed by atoms with Crippen LogP contribution in [0.15, 0.2) is 33.3 Å². The van der Waals surface area contributed by atoms with Crippen molar-refractivity contribution in [1.82, 2.24) is 10.1 Å². The van der Waals surface area contributed by atoms with Crippen molar-refractivity contribution in [3.8, 4) is 0 Å². The predicted octanol–water partition coefficient (Wildman–Crippen LogP) is 2.07. The van der Waals surface area contributed by atoms with Crippen LogP contribution in [0.3, 0.4) is 0 Å². The lowest BCUT2D eigenvalue weighted by molar-refractivity contribution is 0.177. The summed E-state index contributed by atoms with van der Waals surface area (Å²) < 4.78 is 11.1. The van der Waals surface area contributed by atoms with Crippen molar-refractivity contribution in [2.24, 2.45) is 5.73 Å². The molecule has 0 aliphatic heterocycles. The Morgan fingerprint density at radius 3 is 3.06 bits per heavy atom. The Morgan fingerprint density at radius 1 is 1.50 bits per heavy atom. The van der Waals surface area contributed by atoms with E-state index in [1.54, 1.807) is 7.11 Å². The van der Waals surface area contributed by atoms with Crippen LogP contribution < -0.4 is 5.73 Å². The minimum absolute atomic E-state index is 0.352. The summed E-state index contributed by atoms with van der Waals surface area (Å²) >= 11 is 3.42. The average molecular weight is 312 g/mol. The molecule has 6 heteroatoms. The average Bonchev–Trinajstić information content (AvgIpc) is 2.78. The second-order valence-electron chi connectivity index (χ2n) is 3.91. The van der Waals surface area contributed by atoms with E-state index in [0.29, 0.717) is 24.7 Å². The van der Waals surface area contributed by atoms with Crippen molar-refractivity contribution < 1.29 is 9.26 Å². The summed E-state index contributed by atoms with van der Waals surface area (Å²) in [6, 6.07) is 7.60. The standard InChI is InChI=1S/C12H14BrN3O2/c1-17-7-10(14)12-15-11(18-16-12)6-8-3-2-4-9(13)5-8/h2-5,10H,6-7,14H2,1H3. The minimum atomic E-state index is -0.352. The second kappa shape index (κ2) is 6.08. The molecule has 5 nitrogen and oxygen atoms in total. The van der Waals surface area contributed by atoms with Gasteiger partial charge in [-0.25, -0.2) is 0 Å². The number of benzene rings is 1. The van der Waals surface area contributed by atoms with Crippen molar-refractivity contribution in [3.63, 3.8) is 0 Å². The molecule has 0 aliphatic rings. The number of halogens is 1. The molecule has 18 heavy (non-hydrogen) atoms. The number of aromatic nitrogens is 2. The van der Waals surface area contributed by atoms with E-state index < -0.39 is 0 Å². The second-order valence-corrected chi connectivity index (χ2v) is 4.83. The molecule has 0 saturated carbocycles. The maximum absolute atomic E-state index is 5.82. The molecule has 1 aromatic heterocycles. The Labute approximate surface area is 113 Å². The SMILES string of the molecule is COCC(N)c1noc(Cc2cccc(Br)c2)n1. The van der Waals surface area contributed by atoms with Gasteiger partial charge in [0.2, 0.25) is 5.89 Å². The Hall–Kier alpha value is -1.24. The fourth-order valence-corrected chi connectivity index (χ4v) is 2.01. The van der Waals surface area contributed by atoms with Crippen molar-refractivity contribution in [2.75, 3.05) is 13.7 Å². The minimum Gasteiger partial charge on any atom is -0.383 e. The molecule has 2 N–H and O–H groups in total. The molecule has 0 amide bonds. The highest BCUT2D eigenvalue weighted by atomic mass is 79.9. The highest BCUT2D eigenvalue weighted by Crippen LogP contribution is 2.15. The third-order valence-corrected chi connectivity index (χ3v) is 2.90.